The molecular weight excluding hydrogens is 256 g/mol. The van der Waals surface area contributed by atoms with E-state index in [2.05, 4.69) is 40.7 Å². The second-order valence-corrected chi connectivity index (χ2v) is 6.80. The second kappa shape index (κ2) is 4.40. The fourth-order valence-corrected chi connectivity index (χ4v) is 4.85. The summed E-state index contributed by atoms with van der Waals surface area (Å²) in [5.41, 5.74) is 8.01. The number of dihydropyridines is 1. The van der Waals surface area contributed by atoms with E-state index in [4.69, 9.17) is 0 Å². The van der Waals surface area contributed by atoms with E-state index in [0.29, 0.717) is 12.0 Å². The monoisotopic (exact) mass is 278 g/mol. The third-order valence-electron chi connectivity index (χ3n) is 5.72. The van der Waals surface area contributed by atoms with Crippen molar-refractivity contribution in [1.82, 2.24) is 10.2 Å². The number of nitrogens with one attached hydrogen (secondary N) is 1. The summed E-state index contributed by atoms with van der Waals surface area (Å²) in [4.78, 5) is 2.73. The molecule has 3 heterocycles. The summed E-state index contributed by atoms with van der Waals surface area (Å²) in [6.07, 6.45) is 19.6. The minimum atomic E-state index is 0.582. The minimum Gasteiger partial charge on any atom is -0.387 e. The normalized spacial score (nSPS) is 33.1. The van der Waals surface area contributed by atoms with Crippen LogP contribution in [0, 0.1) is 5.92 Å². The summed E-state index contributed by atoms with van der Waals surface area (Å²) < 4.78 is 0. The van der Waals surface area contributed by atoms with Gasteiger partial charge in [0.2, 0.25) is 0 Å². The van der Waals surface area contributed by atoms with Crippen LogP contribution in [0.3, 0.4) is 0 Å². The van der Waals surface area contributed by atoms with Crippen molar-refractivity contribution in [3.8, 4) is 0 Å². The first-order valence-electron chi connectivity index (χ1n) is 8.45. The average molecular weight is 278 g/mol. The zero-order valence-electron chi connectivity index (χ0n) is 12.4. The molecule has 0 aromatic carbocycles. The Hall–Kier alpha value is -1.70. The fraction of sp³-hybridized carbons (Fsp3) is 0.474. The zero-order valence-corrected chi connectivity index (χ0v) is 12.4. The smallest absolute Gasteiger partial charge is 0.0588 e. The van der Waals surface area contributed by atoms with Gasteiger partial charge in [-0.2, -0.15) is 0 Å². The standard InChI is InChI=1S/C19H22N2/c1-2-7-17-13(4-1)8-9-14-5-3-6-15-16-12-20-11-10-18(16)21(17)19(14)15/h1,4,8,10,12,15,17,20H,2-3,5-7,9,11H2. The first kappa shape index (κ1) is 11.9. The highest BCUT2D eigenvalue weighted by atomic mass is 15.2. The Balaban J connectivity index is 1.72. The summed E-state index contributed by atoms with van der Waals surface area (Å²) >= 11 is 0. The Morgan fingerprint density at radius 1 is 1.19 bits per heavy atom. The predicted molar refractivity (Wildman–Crippen MR) is 85.2 cm³/mol. The van der Waals surface area contributed by atoms with Crippen molar-refractivity contribution < 1.29 is 0 Å². The molecule has 0 spiro atoms. The quantitative estimate of drug-likeness (QED) is 0.725. The van der Waals surface area contributed by atoms with E-state index in [9.17, 15) is 0 Å². The van der Waals surface area contributed by atoms with E-state index in [1.807, 2.05) is 0 Å². The molecule has 1 saturated heterocycles. The highest BCUT2D eigenvalue weighted by Crippen LogP contribution is 2.52. The number of fused-ring (bicyclic) bond motifs is 5. The van der Waals surface area contributed by atoms with Gasteiger partial charge in [0.15, 0.2) is 0 Å². The average Bonchev–Trinajstić information content (AvgIpc) is 2.78. The van der Waals surface area contributed by atoms with Gasteiger partial charge in [0, 0.05) is 35.6 Å². The lowest BCUT2D eigenvalue weighted by atomic mass is 9.83. The molecule has 108 valence electrons. The third kappa shape index (κ3) is 1.59. The van der Waals surface area contributed by atoms with E-state index in [0.717, 1.165) is 6.54 Å². The number of rotatable bonds is 0. The topological polar surface area (TPSA) is 15.3 Å². The summed E-state index contributed by atoms with van der Waals surface area (Å²) in [5.74, 6) is 0.659. The molecule has 21 heavy (non-hydrogen) atoms. The van der Waals surface area contributed by atoms with Crippen molar-refractivity contribution in [2.75, 3.05) is 6.54 Å². The van der Waals surface area contributed by atoms with Crippen molar-refractivity contribution in [3.05, 3.63) is 58.6 Å². The molecular formula is C19H22N2. The van der Waals surface area contributed by atoms with Crippen LogP contribution in [0.15, 0.2) is 58.6 Å². The number of hydrogen-bond acceptors (Lipinski definition) is 2. The Morgan fingerprint density at radius 2 is 2.19 bits per heavy atom. The van der Waals surface area contributed by atoms with Gasteiger partial charge in [-0.25, -0.2) is 0 Å². The van der Waals surface area contributed by atoms with Crippen LogP contribution in [-0.4, -0.2) is 17.5 Å². The fourth-order valence-electron chi connectivity index (χ4n) is 4.85. The molecule has 1 N–H and O–H groups in total. The van der Waals surface area contributed by atoms with Gasteiger partial charge in [-0.15, -0.1) is 0 Å². The molecule has 0 saturated carbocycles. The van der Waals surface area contributed by atoms with Gasteiger partial charge in [0.1, 0.15) is 0 Å². The molecule has 1 fully saturated rings. The maximum Gasteiger partial charge on any atom is 0.0588 e. The Bertz CT molecular complexity index is 644. The largest absolute Gasteiger partial charge is 0.387 e. The van der Waals surface area contributed by atoms with Crippen LogP contribution in [0.5, 0.6) is 0 Å². The van der Waals surface area contributed by atoms with Gasteiger partial charge in [0.25, 0.3) is 0 Å². The van der Waals surface area contributed by atoms with Crippen LogP contribution >= 0.6 is 0 Å². The zero-order chi connectivity index (χ0) is 13.8. The van der Waals surface area contributed by atoms with E-state index in [1.54, 1.807) is 22.4 Å². The molecule has 0 bridgehead atoms. The molecule has 5 aliphatic rings. The van der Waals surface area contributed by atoms with Gasteiger partial charge >= 0.3 is 0 Å². The Morgan fingerprint density at radius 3 is 3.19 bits per heavy atom. The van der Waals surface area contributed by atoms with Crippen LogP contribution in [0.1, 0.15) is 38.5 Å². The second-order valence-electron chi connectivity index (χ2n) is 6.80. The van der Waals surface area contributed by atoms with Crippen LogP contribution in [0.25, 0.3) is 0 Å². The van der Waals surface area contributed by atoms with Crippen molar-refractivity contribution in [2.45, 2.75) is 44.6 Å². The molecule has 5 rings (SSSR count). The van der Waals surface area contributed by atoms with Crippen molar-refractivity contribution in [1.29, 1.82) is 0 Å². The minimum absolute atomic E-state index is 0.582. The van der Waals surface area contributed by atoms with Gasteiger partial charge in [-0.1, -0.05) is 18.2 Å². The number of nitrogens with zero attached hydrogens (tertiary/aromatic N) is 1. The lowest BCUT2D eigenvalue weighted by Gasteiger charge is -2.35. The molecule has 0 amide bonds. The molecule has 2 aliphatic carbocycles. The molecule has 2 unspecified atom stereocenters. The summed E-state index contributed by atoms with van der Waals surface area (Å²) in [6.45, 7) is 0.978. The maximum absolute atomic E-state index is 3.44. The van der Waals surface area contributed by atoms with Crippen LogP contribution in [0.2, 0.25) is 0 Å². The summed E-state index contributed by atoms with van der Waals surface area (Å²) in [7, 11) is 0. The van der Waals surface area contributed by atoms with Gasteiger partial charge < -0.3 is 10.2 Å². The molecule has 0 aromatic rings. The highest BCUT2D eigenvalue weighted by Gasteiger charge is 2.44. The highest BCUT2D eigenvalue weighted by molar-refractivity contribution is 5.53. The molecule has 3 aliphatic heterocycles. The Kier molecular flexibility index (Phi) is 2.49. The van der Waals surface area contributed by atoms with E-state index < -0.39 is 0 Å². The summed E-state index contributed by atoms with van der Waals surface area (Å²) in [5, 5.41) is 3.44. The van der Waals surface area contributed by atoms with Crippen molar-refractivity contribution in [3.63, 3.8) is 0 Å². The first-order chi connectivity index (χ1) is 10.4. The predicted octanol–water partition coefficient (Wildman–Crippen LogP) is 3.78. The Labute approximate surface area is 126 Å². The summed E-state index contributed by atoms with van der Waals surface area (Å²) in [6, 6.07) is 0.582. The molecule has 2 heteroatoms. The molecule has 0 radical (unpaired) electrons. The van der Waals surface area contributed by atoms with Gasteiger partial charge in [-0.3, -0.25) is 0 Å². The lowest BCUT2D eigenvalue weighted by molar-refractivity contribution is 0.334. The van der Waals surface area contributed by atoms with Crippen molar-refractivity contribution in [2.24, 2.45) is 5.92 Å². The van der Waals surface area contributed by atoms with Crippen LogP contribution in [0.4, 0.5) is 0 Å². The van der Waals surface area contributed by atoms with Crippen LogP contribution in [-0.2, 0) is 0 Å². The first-order valence-corrected chi connectivity index (χ1v) is 8.45. The SMILES string of the molecule is C1=CC2=CCC3=C4C(CCC3)C3=CNCC=C3N4C2CC1. The van der Waals surface area contributed by atoms with Crippen molar-refractivity contribution >= 4 is 0 Å². The molecule has 0 aromatic heterocycles. The third-order valence-corrected chi connectivity index (χ3v) is 5.72. The molecule has 2 nitrogen and oxygen atoms in total. The van der Waals surface area contributed by atoms with Gasteiger partial charge in [-0.05, 0) is 55.7 Å². The number of hydrogen-bond donors (Lipinski definition) is 1. The maximum atomic E-state index is 3.44. The van der Waals surface area contributed by atoms with Crippen LogP contribution < -0.4 is 5.32 Å². The van der Waals surface area contributed by atoms with E-state index >= 15 is 0 Å². The van der Waals surface area contributed by atoms with E-state index in [1.165, 1.54) is 44.2 Å². The van der Waals surface area contributed by atoms with E-state index in [-0.39, 0.29) is 0 Å². The lowest BCUT2D eigenvalue weighted by Crippen LogP contribution is -2.34. The molecule has 2 atom stereocenters. The van der Waals surface area contributed by atoms with Gasteiger partial charge in [0.05, 0.1) is 6.04 Å². The number of allylic oxidation sites excluding steroid dienone is 5.